The number of esters is 2. The zero-order chi connectivity index (χ0) is 28.4. The number of rotatable bonds is 7. The number of hydrogen-bond acceptors (Lipinski definition) is 11. The van der Waals surface area contributed by atoms with Crippen molar-refractivity contribution >= 4 is 22.9 Å². The summed E-state index contributed by atoms with van der Waals surface area (Å²) < 4.78 is 22.9. The molecule has 0 saturated heterocycles. The summed E-state index contributed by atoms with van der Waals surface area (Å²) in [6.45, 7) is 4.30. The summed E-state index contributed by atoms with van der Waals surface area (Å²) in [4.78, 5) is 37.4. The Labute approximate surface area is 223 Å². The molecule has 1 aliphatic rings. The summed E-state index contributed by atoms with van der Waals surface area (Å²) in [7, 11) is 0. The smallest absolute Gasteiger partial charge is 0.303 e. The van der Waals surface area contributed by atoms with Crippen LogP contribution >= 0.6 is 0 Å². The molecule has 11 heteroatoms. The van der Waals surface area contributed by atoms with Crippen LogP contribution in [0.25, 0.3) is 22.3 Å². The molecule has 2 aromatic carbocycles. The lowest BCUT2D eigenvalue weighted by Gasteiger charge is -2.43. The van der Waals surface area contributed by atoms with E-state index in [1.54, 1.807) is 0 Å². The van der Waals surface area contributed by atoms with Crippen molar-refractivity contribution in [1.82, 2.24) is 0 Å². The van der Waals surface area contributed by atoms with Gasteiger partial charge in [-0.1, -0.05) is 13.3 Å². The zero-order valence-corrected chi connectivity index (χ0v) is 21.6. The van der Waals surface area contributed by atoms with Gasteiger partial charge in [-0.15, -0.1) is 0 Å². The van der Waals surface area contributed by atoms with Gasteiger partial charge in [-0.3, -0.25) is 14.4 Å². The number of fused-ring (bicyclic) bond motifs is 1. The van der Waals surface area contributed by atoms with Gasteiger partial charge in [0.2, 0.25) is 11.2 Å². The van der Waals surface area contributed by atoms with Crippen molar-refractivity contribution in [3.05, 3.63) is 46.6 Å². The number of carbonyl (C=O) groups excluding carboxylic acids is 2. The number of ether oxygens (including phenoxy) is 3. The molecule has 1 saturated carbocycles. The number of phenols is 3. The summed E-state index contributed by atoms with van der Waals surface area (Å²) in [5, 5.41) is 41.1. The molecule has 39 heavy (non-hydrogen) atoms. The Morgan fingerprint density at radius 2 is 1.62 bits per heavy atom. The first-order valence-electron chi connectivity index (χ1n) is 12.5. The van der Waals surface area contributed by atoms with Crippen molar-refractivity contribution in [2.45, 2.75) is 64.4 Å². The van der Waals surface area contributed by atoms with E-state index in [0.29, 0.717) is 18.4 Å². The molecule has 0 radical (unpaired) electrons. The first-order valence-corrected chi connectivity index (χ1v) is 12.5. The molecular formula is C28H30O11. The third-order valence-corrected chi connectivity index (χ3v) is 6.62. The molecule has 5 atom stereocenters. The van der Waals surface area contributed by atoms with Crippen molar-refractivity contribution in [2.75, 3.05) is 0 Å². The lowest BCUT2D eigenvalue weighted by molar-refractivity contribution is -0.201. The molecule has 0 bridgehead atoms. The van der Waals surface area contributed by atoms with E-state index in [4.69, 9.17) is 18.6 Å². The fourth-order valence-corrected chi connectivity index (χ4v) is 5.03. The number of carbonyl (C=O) groups is 2. The summed E-state index contributed by atoms with van der Waals surface area (Å²) in [6, 6.07) is 7.84. The quantitative estimate of drug-likeness (QED) is 0.322. The molecule has 1 fully saturated rings. The SMILES string of the molecule is CCC[C@@H]1C[C@@H](Oc2c(-c3ccc(O)cc3)oc3cc(O)cc(O)c3c2=O)[C@H](O)[C@H](OC(C)=O)[C@H]1OC(C)=O. The fourth-order valence-electron chi connectivity index (χ4n) is 5.03. The number of aromatic hydroxyl groups is 3. The Bertz CT molecular complexity index is 1430. The van der Waals surface area contributed by atoms with Gasteiger partial charge in [0.15, 0.2) is 11.9 Å². The van der Waals surface area contributed by atoms with Crippen molar-refractivity contribution in [3.63, 3.8) is 0 Å². The normalized spacial score (nSPS) is 22.8. The average molecular weight is 543 g/mol. The second-order valence-corrected chi connectivity index (χ2v) is 9.55. The molecule has 0 amide bonds. The Morgan fingerprint density at radius 3 is 2.23 bits per heavy atom. The molecule has 4 rings (SSSR count). The molecule has 0 aliphatic heterocycles. The molecule has 1 aliphatic carbocycles. The van der Waals surface area contributed by atoms with Gasteiger partial charge in [0.05, 0.1) is 0 Å². The maximum Gasteiger partial charge on any atom is 0.303 e. The van der Waals surface area contributed by atoms with Crippen LogP contribution < -0.4 is 10.2 Å². The van der Waals surface area contributed by atoms with Gasteiger partial charge in [0, 0.05) is 37.5 Å². The number of aliphatic hydroxyl groups is 1. The lowest BCUT2D eigenvalue weighted by atomic mass is 9.78. The first kappa shape index (κ1) is 27.8. The van der Waals surface area contributed by atoms with Crippen molar-refractivity contribution in [3.8, 4) is 34.3 Å². The zero-order valence-electron chi connectivity index (χ0n) is 21.6. The third-order valence-electron chi connectivity index (χ3n) is 6.62. The summed E-state index contributed by atoms with van der Waals surface area (Å²) in [6.07, 6.45) is -3.44. The van der Waals surface area contributed by atoms with E-state index in [0.717, 1.165) is 19.1 Å². The van der Waals surface area contributed by atoms with Gasteiger partial charge in [0.25, 0.3) is 0 Å². The van der Waals surface area contributed by atoms with Gasteiger partial charge < -0.3 is 39.1 Å². The van der Waals surface area contributed by atoms with E-state index in [1.807, 2.05) is 6.92 Å². The monoisotopic (exact) mass is 542 g/mol. The third kappa shape index (κ3) is 5.78. The molecule has 1 heterocycles. The Kier molecular flexibility index (Phi) is 8.01. The Balaban J connectivity index is 1.85. The van der Waals surface area contributed by atoms with E-state index >= 15 is 0 Å². The van der Waals surface area contributed by atoms with Crippen LogP contribution in [0.2, 0.25) is 0 Å². The van der Waals surface area contributed by atoms with Crippen molar-refractivity contribution in [1.29, 1.82) is 0 Å². The van der Waals surface area contributed by atoms with E-state index < -0.39 is 47.5 Å². The Morgan fingerprint density at radius 1 is 0.974 bits per heavy atom. The summed E-state index contributed by atoms with van der Waals surface area (Å²) in [5.74, 6) is -3.03. The highest BCUT2D eigenvalue weighted by atomic mass is 16.6. The Hall–Kier alpha value is -4.25. The van der Waals surface area contributed by atoms with Gasteiger partial charge in [-0.2, -0.15) is 0 Å². The van der Waals surface area contributed by atoms with Crippen LogP contribution in [0, 0.1) is 5.92 Å². The molecule has 11 nitrogen and oxygen atoms in total. The molecule has 3 aromatic rings. The second kappa shape index (κ2) is 11.2. The average Bonchev–Trinajstić information content (AvgIpc) is 2.85. The predicted octanol–water partition coefficient (Wildman–Crippen LogP) is 3.37. The van der Waals surface area contributed by atoms with Crippen LogP contribution in [0.5, 0.6) is 23.0 Å². The van der Waals surface area contributed by atoms with Crippen LogP contribution in [-0.2, 0) is 19.1 Å². The number of benzene rings is 2. The summed E-state index contributed by atoms with van der Waals surface area (Å²) >= 11 is 0. The fraction of sp³-hybridized carbons (Fsp3) is 0.393. The predicted molar refractivity (Wildman–Crippen MR) is 137 cm³/mol. The maximum atomic E-state index is 13.7. The van der Waals surface area contributed by atoms with E-state index in [-0.39, 0.29) is 46.3 Å². The second-order valence-electron chi connectivity index (χ2n) is 9.55. The standard InChI is InChI=1S/C28H30O11/c1-4-5-16-10-21(23(34)27(37-14(3)30)26(16)36-13(2)29)39-28-24(35)22-19(33)11-18(32)12-20(22)38-25(28)15-6-8-17(31)9-7-15/h6-9,11-12,16,21,23,26-27,31-34H,4-5,10H2,1-3H3/t16-,21-,23+,26+,27+/m1/s1. The molecule has 0 spiro atoms. The van der Waals surface area contributed by atoms with Crippen molar-refractivity contribution < 1.29 is 48.6 Å². The van der Waals surface area contributed by atoms with Crippen LogP contribution in [-0.4, -0.2) is 56.8 Å². The maximum absolute atomic E-state index is 13.7. The highest BCUT2D eigenvalue weighted by Gasteiger charge is 2.49. The topological polar surface area (TPSA) is 173 Å². The lowest BCUT2D eigenvalue weighted by Crippen LogP contribution is -2.58. The van der Waals surface area contributed by atoms with E-state index in [2.05, 4.69) is 0 Å². The molecule has 0 unspecified atom stereocenters. The first-order chi connectivity index (χ1) is 18.5. The van der Waals surface area contributed by atoms with Crippen LogP contribution in [0.4, 0.5) is 0 Å². The number of phenolic OH excluding ortho intramolecular Hbond substituents is 3. The minimum atomic E-state index is -1.50. The van der Waals surface area contributed by atoms with Gasteiger partial charge in [-0.05, 0) is 37.1 Å². The molecule has 4 N–H and O–H groups in total. The minimum Gasteiger partial charge on any atom is -0.508 e. The van der Waals surface area contributed by atoms with E-state index in [1.165, 1.54) is 31.2 Å². The van der Waals surface area contributed by atoms with Gasteiger partial charge in [0.1, 0.15) is 46.5 Å². The largest absolute Gasteiger partial charge is 0.508 e. The van der Waals surface area contributed by atoms with Crippen molar-refractivity contribution in [2.24, 2.45) is 5.92 Å². The van der Waals surface area contributed by atoms with Crippen LogP contribution in [0.1, 0.15) is 40.0 Å². The number of hydrogen-bond donors (Lipinski definition) is 4. The minimum absolute atomic E-state index is 0.0366. The van der Waals surface area contributed by atoms with Crippen LogP contribution in [0.3, 0.4) is 0 Å². The van der Waals surface area contributed by atoms with E-state index in [9.17, 15) is 34.8 Å². The highest BCUT2D eigenvalue weighted by molar-refractivity contribution is 5.88. The van der Waals surface area contributed by atoms with Gasteiger partial charge in [-0.25, -0.2) is 0 Å². The summed E-state index contributed by atoms with van der Waals surface area (Å²) in [5.41, 5.74) is -0.565. The van der Waals surface area contributed by atoms with Crippen LogP contribution in [0.15, 0.2) is 45.6 Å². The molecule has 208 valence electrons. The molecular weight excluding hydrogens is 512 g/mol. The highest BCUT2D eigenvalue weighted by Crippen LogP contribution is 2.39. The van der Waals surface area contributed by atoms with Gasteiger partial charge >= 0.3 is 11.9 Å². The number of aliphatic hydroxyl groups excluding tert-OH is 1. The molecule has 1 aromatic heterocycles.